The van der Waals surface area contributed by atoms with Gasteiger partial charge in [-0.3, -0.25) is 0 Å². The predicted octanol–water partition coefficient (Wildman–Crippen LogP) is 5.40. The van der Waals surface area contributed by atoms with Crippen molar-refractivity contribution in [3.8, 4) is 0 Å². The molecular formula is C30H39ClZr. The Morgan fingerprint density at radius 1 is 0.406 bits per heavy atom. The molecule has 170 valence electrons. The van der Waals surface area contributed by atoms with E-state index in [9.17, 15) is 0 Å². The van der Waals surface area contributed by atoms with Crippen LogP contribution >= 0.6 is 0 Å². The molecule has 0 fully saturated rings. The van der Waals surface area contributed by atoms with Crippen LogP contribution in [0.25, 0.3) is 0 Å². The van der Waals surface area contributed by atoms with E-state index in [1.165, 1.54) is 16.7 Å². The maximum atomic E-state index is 4.04. The molecule has 0 unspecified atom stereocenters. The van der Waals surface area contributed by atoms with E-state index >= 15 is 0 Å². The summed E-state index contributed by atoms with van der Waals surface area (Å²) in [6.45, 7) is 24.8. The molecule has 3 rings (SSSR count). The molecule has 32 heavy (non-hydrogen) atoms. The molecule has 0 aliphatic carbocycles. The summed E-state index contributed by atoms with van der Waals surface area (Å²) in [7, 11) is 0. The molecule has 0 aliphatic heterocycles. The van der Waals surface area contributed by atoms with Crippen molar-refractivity contribution in [2.45, 2.75) is 57.8 Å². The Kier molecular flexibility index (Phi) is 15.3. The maximum absolute atomic E-state index is 4.04. The molecule has 0 saturated heterocycles. The van der Waals surface area contributed by atoms with Gasteiger partial charge in [0.15, 0.2) is 0 Å². The maximum Gasteiger partial charge on any atom is 4.00 e. The zero-order valence-corrected chi connectivity index (χ0v) is 23.9. The Morgan fingerprint density at radius 3 is 0.656 bits per heavy atom. The van der Waals surface area contributed by atoms with Crippen molar-refractivity contribution < 1.29 is 38.6 Å². The first kappa shape index (κ1) is 33.0. The summed E-state index contributed by atoms with van der Waals surface area (Å²) in [5, 5.41) is 0. The first-order chi connectivity index (χ1) is 13.8. The average molecular weight is 526 g/mol. The number of rotatable bonds is 3. The molecule has 0 heterocycles. The molecule has 0 spiro atoms. The normalized spacial score (nSPS) is 10.8. The van der Waals surface area contributed by atoms with Crippen LogP contribution in [0.15, 0.2) is 91.0 Å². The third-order valence-electron chi connectivity index (χ3n) is 4.67. The summed E-state index contributed by atoms with van der Waals surface area (Å²) in [6, 6.07) is 31.0. The minimum Gasteiger partial charge on any atom is -1.00 e. The zero-order chi connectivity index (χ0) is 22.8. The molecule has 0 saturated carbocycles. The first-order valence-corrected chi connectivity index (χ1v) is 10.5. The molecule has 0 aromatic heterocycles. The van der Waals surface area contributed by atoms with Gasteiger partial charge in [-0.2, -0.15) is 0 Å². The molecule has 0 N–H and O–H groups in total. The molecule has 3 aromatic carbocycles. The van der Waals surface area contributed by atoms with Gasteiger partial charge >= 0.3 is 26.2 Å². The fraction of sp³-hybridized carbons (Fsp3) is 0.300. The van der Waals surface area contributed by atoms with Gasteiger partial charge in [-0.05, 0) is 0 Å². The second-order valence-corrected chi connectivity index (χ2v) is 9.75. The number of halogens is 1. The average Bonchev–Trinajstić information content (AvgIpc) is 2.69. The van der Waals surface area contributed by atoms with Crippen LogP contribution in [0.2, 0.25) is 0 Å². The van der Waals surface area contributed by atoms with E-state index < -0.39 is 0 Å². The van der Waals surface area contributed by atoms with Crippen LogP contribution in [-0.4, -0.2) is 0 Å². The van der Waals surface area contributed by atoms with E-state index in [1.807, 2.05) is 54.6 Å². The van der Waals surface area contributed by atoms with Crippen LogP contribution in [0, 0.1) is 20.8 Å². The molecule has 0 amide bonds. The summed E-state index contributed by atoms with van der Waals surface area (Å²) >= 11 is 0. The monoisotopic (exact) mass is 524 g/mol. The van der Waals surface area contributed by atoms with Gasteiger partial charge in [0.1, 0.15) is 0 Å². The van der Waals surface area contributed by atoms with Gasteiger partial charge in [-0.25, -0.2) is 0 Å². The summed E-state index contributed by atoms with van der Waals surface area (Å²) in [6.07, 6.45) is 0. The standard InChI is InChI=1S/3C10H13.ClH.Zr/c3*1-10(2,3)9-7-5-4-6-8-9;;/h3*4-8H,1H2,2-3H3;1H;/q3*-1;;+4/p-1. The third kappa shape index (κ3) is 13.4. The summed E-state index contributed by atoms with van der Waals surface area (Å²) in [4.78, 5) is 0. The topological polar surface area (TPSA) is 0 Å². The van der Waals surface area contributed by atoms with E-state index in [4.69, 9.17) is 0 Å². The Balaban J connectivity index is 0. The van der Waals surface area contributed by atoms with Crippen molar-refractivity contribution in [3.05, 3.63) is 128 Å². The van der Waals surface area contributed by atoms with Crippen molar-refractivity contribution in [1.82, 2.24) is 0 Å². The van der Waals surface area contributed by atoms with Crippen LogP contribution < -0.4 is 12.4 Å². The predicted molar refractivity (Wildman–Crippen MR) is 134 cm³/mol. The SMILES string of the molecule is [CH2-]C(C)(C)c1ccccc1.[CH2-]C(C)(C)c1ccccc1.[CH2-]C(C)(C)c1ccccc1.[Cl-].[Zr+4]. The first-order valence-electron chi connectivity index (χ1n) is 10.5. The fourth-order valence-corrected chi connectivity index (χ4v) is 2.67. The van der Waals surface area contributed by atoms with E-state index in [0.29, 0.717) is 0 Å². The van der Waals surface area contributed by atoms with E-state index in [2.05, 4.69) is 98.7 Å². The Bertz CT molecular complexity index is 704. The van der Waals surface area contributed by atoms with Gasteiger partial charge in [-0.1, -0.05) is 149 Å². The fourth-order valence-electron chi connectivity index (χ4n) is 2.67. The summed E-state index contributed by atoms with van der Waals surface area (Å²) < 4.78 is 0. The van der Waals surface area contributed by atoms with Crippen molar-refractivity contribution in [2.24, 2.45) is 0 Å². The van der Waals surface area contributed by atoms with Crippen molar-refractivity contribution in [1.29, 1.82) is 0 Å². The molecule has 0 radical (unpaired) electrons. The molecule has 0 bridgehead atoms. The Labute approximate surface area is 223 Å². The smallest absolute Gasteiger partial charge is 1.00 e. The summed E-state index contributed by atoms with van der Waals surface area (Å²) in [5.74, 6) is 0. The number of hydrogen-bond donors (Lipinski definition) is 0. The van der Waals surface area contributed by atoms with Crippen LogP contribution in [0.3, 0.4) is 0 Å². The number of hydrogen-bond acceptors (Lipinski definition) is 0. The largest absolute Gasteiger partial charge is 4.00 e. The van der Waals surface area contributed by atoms with Gasteiger partial charge in [0, 0.05) is 0 Å². The minimum atomic E-state index is 0. The zero-order valence-electron chi connectivity index (χ0n) is 20.7. The second-order valence-electron chi connectivity index (χ2n) is 9.75. The Morgan fingerprint density at radius 2 is 0.562 bits per heavy atom. The van der Waals surface area contributed by atoms with Gasteiger partial charge < -0.3 is 33.2 Å². The van der Waals surface area contributed by atoms with E-state index in [1.54, 1.807) is 0 Å². The van der Waals surface area contributed by atoms with Crippen LogP contribution in [0.1, 0.15) is 58.2 Å². The molecular weight excluding hydrogens is 487 g/mol. The Hall–Kier alpha value is -1.17. The van der Waals surface area contributed by atoms with Crippen molar-refractivity contribution >= 4 is 0 Å². The third-order valence-corrected chi connectivity index (χ3v) is 4.67. The van der Waals surface area contributed by atoms with Crippen LogP contribution in [0.4, 0.5) is 0 Å². The molecule has 0 aliphatic rings. The summed E-state index contributed by atoms with van der Waals surface area (Å²) in [5.41, 5.74) is 3.99. The molecule has 0 nitrogen and oxygen atoms in total. The molecule has 2 heteroatoms. The van der Waals surface area contributed by atoms with Crippen LogP contribution in [0.5, 0.6) is 0 Å². The van der Waals surface area contributed by atoms with E-state index in [-0.39, 0.29) is 54.9 Å². The van der Waals surface area contributed by atoms with Crippen LogP contribution in [-0.2, 0) is 42.4 Å². The van der Waals surface area contributed by atoms with E-state index in [0.717, 1.165) is 0 Å². The van der Waals surface area contributed by atoms with Gasteiger partial charge in [0.25, 0.3) is 0 Å². The number of benzene rings is 3. The van der Waals surface area contributed by atoms with Crippen molar-refractivity contribution in [2.75, 3.05) is 0 Å². The van der Waals surface area contributed by atoms with Crippen molar-refractivity contribution in [3.63, 3.8) is 0 Å². The second kappa shape index (κ2) is 14.9. The minimum absolute atomic E-state index is 0. The molecule has 3 aromatic rings. The quantitative estimate of drug-likeness (QED) is 0.402. The molecule has 0 atom stereocenters. The van der Waals surface area contributed by atoms with Gasteiger partial charge in [0.05, 0.1) is 0 Å². The van der Waals surface area contributed by atoms with Gasteiger partial charge in [-0.15, -0.1) is 16.2 Å². The van der Waals surface area contributed by atoms with Gasteiger partial charge in [0.2, 0.25) is 0 Å².